The van der Waals surface area contributed by atoms with E-state index in [2.05, 4.69) is 5.32 Å². The Labute approximate surface area is 108 Å². The van der Waals surface area contributed by atoms with Gasteiger partial charge in [0.15, 0.2) is 5.41 Å². The molecular weight excluding hydrogens is 265 g/mol. The number of rotatable bonds is 5. The highest BCUT2D eigenvalue weighted by molar-refractivity contribution is 5.84. The molecule has 2 N–H and O–H groups in total. The fourth-order valence-corrected chi connectivity index (χ4v) is 2.17. The third kappa shape index (κ3) is 3.37. The van der Waals surface area contributed by atoms with Gasteiger partial charge in [0.2, 0.25) is 5.91 Å². The van der Waals surface area contributed by atoms with Crippen LogP contribution in [0, 0.1) is 5.41 Å². The van der Waals surface area contributed by atoms with Gasteiger partial charge in [-0.3, -0.25) is 9.59 Å². The molecule has 1 aliphatic heterocycles. The van der Waals surface area contributed by atoms with E-state index in [1.54, 1.807) is 0 Å². The highest BCUT2D eigenvalue weighted by Gasteiger charge is 2.62. The van der Waals surface area contributed by atoms with E-state index in [4.69, 9.17) is 5.11 Å². The summed E-state index contributed by atoms with van der Waals surface area (Å²) >= 11 is 0. The van der Waals surface area contributed by atoms with Crippen LogP contribution in [0.25, 0.3) is 0 Å². The molecule has 0 aromatic rings. The maximum atomic E-state index is 13.1. The average Bonchev–Trinajstić information content (AvgIpc) is 2.76. The van der Waals surface area contributed by atoms with Crippen LogP contribution in [0.15, 0.2) is 0 Å². The van der Waals surface area contributed by atoms with Gasteiger partial charge in [0.1, 0.15) is 0 Å². The second kappa shape index (κ2) is 5.77. The first kappa shape index (κ1) is 15.7. The lowest BCUT2D eigenvalue weighted by atomic mass is 9.84. The molecule has 0 aliphatic carbocycles. The monoisotopic (exact) mass is 282 g/mol. The lowest BCUT2D eigenvalue weighted by molar-refractivity contribution is -0.221. The fraction of sp³-hybridized carbons (Fsp3) is 0.818. The van der Waals surface area contributed by atoms with Crippen LogP contribution in [-0.4, -0.2) is 54.7 Å². The van der Waals surface area contributed by atoms with Crippen molar-refractivity contribution in [1.82, 2.24) is 10.2 Å². The van der Waals surface area contributed by atoms with Crippen molar-refractivity contribution < 1.29 is 27.9 Å². The molecule has 0 bridgehead atoms. The lowest BCUT2D eigenvalue weighted by Crippen LogP contribution is -2.52. The molecule has 19 heavy (non-hydrogen) atoms. The Kier molecular flexibility index (Phi) is 4.78. The van der Waals surface area contributed by atoms with Crippen molar-refractivity contribution in [3.63, 3.8) is 0 Å². The number of nitrogens with one attached hydrogen (secondary N) is 1. The number of amides is 1. The van der Waals surface area contributed by atoms with E-state index in [1.807, 2.05) is 0 Å². The van der Waals surface area contributed by atoms with E-state index in [1.165, 1.54) is 7.05 Å². The van der Waals surface area contributed by atoms with Crippen molar-refractivity contribution in [2.75, 3.05) is 26.7 Å². The van der Waals surface area contributed by atoms with Crippen LogP contribution in [0.5, 0.6) is 0 Å². The summed E-state index contributed by atoms with van der Waals surface area (Å²) in [6, 6.07) is 0. The number of carboxylic acids is 1. The molecule has 0 spiro atoms. The molecule has 8 heteroatoms. The van der Waals surface area contributed by atoms with E-state index in [0.29, 0.717) is 0 Å². The van der Waals surface area contributed by atoms with E-state index in [9.17, 15) is 22.8 Å². The van der Waals surface area contributed by atoms with Crippen molar-refractivity contribution in [2.45, 2.75) is 25.4 Å². The lowest BCUT2D eigenvalue weighted by Gasteiger charge is -2.33. The van der Waals surface area contributed by atoms with Crippen molar-refractivity contribution in [3.8, 4) is 0 Å². The molecule has 1 heterocycles. The summed E-state index contributed by atoms with van der Waals surface area (Å²) in [6.45, 7) is -0.268. The Morgan fingerprint density at radius 2 is 2.05 bits per heavy atom. The molecule has 0 saturated carbocycles. The Bertz CT molecular complexity index is 352. The number of aliphatic carboxylic acids is 1. The van der Waals surface area contributed by atoms with Gasteiger partial charge in [0.25, 0.3) is 0 Å². The number of hydrogen-bond acceptors (Lipinski definition) is 3. The number of hydrogen-bond donors (Lipinski definition) is 2. The SMILES string of the molecule is CN(CCCC(=O)O)C(=O)C1(C(F)(F)F)CCNC1. The second-order valence-corrected chi connectivity index (χ2v) is 4.73. The van der Waals surface area contributed by atoms with Gasteiger partial charge in [-0.2, -0.15) is 13.2 Å². The van der Waals surface area contributed by atoms with Crippen LogP contribution in [0.3, 0.4) is 0 Å². The number of alkyl halides is 3. The van der Waals surface area contributed by atoms with Crippen molar-refractivity contribution >= 4 is 11.9 Å². The zero-order valence-electron chi connectivity index (χ0n) is 10.6. The molecule has 0 radical (unpaired) electrons. The van der Waals surface area contributed by atoms with Gasteiger partial charge >= 0.3 is 12.1 Å². The predicted molar refractivity (Wildman–Crippen MR) is 60.5 cm³/mol. The van der Waals surface area contributed by atoms with E-state index in [-0.39, 0.29) is 32.4 Å². The van der Waals surface area contributed by atoms with Crippen LogP contribution in [0.4, 0.5) is 13.2 Å². The van der Waals surface area contributed by atoms with Gasteiger partial charge in [-0.05, 0) is 19.4 Å². The summed E-state index contributed by atoms with van der Waals surface area (Å²) in [5, 5.41) is 11.0. The van der Waals surface area contributed by atoms with E-state index >= 15 is 0 Å². The Hall–Kier alpha value is -1.31. The summed E-state index contributed by atoms with van der Waals surface area (Å²) < 4.78 is 39.3. The smallest absolute Gasteiger partial charge is 0.404 e. The molecule has 1 aliphatic rings. The van der Waals surface area contributed by atoms with Crippen LogP contribution in [-0.2, 0) is 9.59 Å². The maximum Gasteiger partial charge on any atom is 0.404 e. The Morgan fingerprint density at radius 1 is 1.42 bits per heavy atom. The quantitative estimate of drug-likeness (QED) is 0.784. The minimum atomic E-state index is -4.60. The van der Waals surface area contributed by atoms with Gasteiger partial charge in [0, 0.05) is 26.6 Å². The normalized spacial score (nSPS) is 23.4. The van der Waals surface area contributed by atoms with E-state index in [0.717, 1.165) is 4.90 Å². The molecule has 1 amide bonds. The van der Waals surface area contributed by atoms with E-state index < -0.39 is 30.0 Å². The molecule has 0 aromatic heterocycles. The zero-order valence-corrected chi connectivity index (χ0v) is 10.6. The number of carbonyl (C=O) groups excluding carboxylic acids is 1. The molecule has 1 fully saturated rings. The van der Waals surface area contributed by atoms with Gasteiger partial charge in [-0.1, -0.05) is 0 Å². The molecule has 1 saturated heterocycles. The Balaban J connectivity index is 2.70. The highest BCUT2D eigenvalue weighted by atomic mass is 19.4. The van der Waals surface area contributed by atoms with Crippen LogP contribution >= 0.6 is 0 Å². The predicted octanol–water partition coefficient (Wildman–Crippen LogP) is 0.852. The summed E-state index contributed by atoms with van der Waals surface area (Å²) in [6.07, 6.45) is -4.92. The second-order valence-electron chi connectivity index (χ2n) is 4.73. The van der Waals surface area contributed by atoms with Crippen molar-refractivity contribution in [3.05, 3.63) is 0 Å². The van der Waals surface area contributed by atoms with Gasteiger partial charge < -0.3 is 15.3 Å². The highest BCUT2D eigenvalue weighted by Crippen LogP contribution is 2.44. The zero-order chi connectivity index (χ0) is 14.7. The summed E-state index contributed by atoms with van der Waals surface area (Å²) in [4.78, 5) is 23.3. The molecule has 1 unspecified atom stereocenters. The molecule has 1 atom stereocenters. The summed E-state index contributed by atoms with van der Waals surface area (Å²) in [7, 11) is 1.27. The fourth-order valence-electron chi connectivity index (χ4n) is 2.17. The Morgan fingerprint density at radius 3 is 2.47 bits per heavy atom. The number of carbonyl (C=O) groups is 2. The van der Waals surface area contributed by atoms with Crippen LogP contribution in [0.1, 0.15) is 19.3 Å². The number of halogens is 3. The van der Waals surface area contributed by atoms with Crippen molar-refractivity contribution in [1.29, 1.82) is 0 Å². The molecule has 0 aromatic carbocycles. The number of nitrogens with zero attached hydrogens (tertiary/aromatic N) is 1. The minimum absolute atomic E-state index is 0.00294. The molecule has 110 valence electrons. The first-order chi connectivity index (χ1) is 8.71. The van der Waals surface area contributed by atoms with Gasteiger partial charge in [-0.15, -0.1) is 0 Å². The first-order valence-corrected chi connectivity index (χ1v) is 5.95. The largest absolute Gasteiger partial charge is 0.481 e. The van der Waals surface area contributed by atoms with Gasteiger partial charge in [0.05, 0.1) is 0 Å². The topological polar surface area (TPSA) is 69.6 Å². The molecule has 5 nitrogen and oxygen atoms in total. The number of carboxylic acid groups (broad SMARTS) is 1. The standard InChI is InChI=1S/C11H17F3N2O3/c1-16(6-2-3-8(17)18)9(19)10(11(12,13)14)4-5-15-7-10/h15H,2-7H2,1H3,(H,17,18). The first-order valence-electron chi connectivity index (χ1n) is 5.95. The summed E-state index contributed by atoms with van der Waals surface area (Å²) in [5.41, 5.74) is -2.37. The maximum absolute atomic E-state index is 13.1. The third-order valence-electron chi connectivity index (χ3n) is 3.34. The summed E-state index contributed by atoms with van der Waals surface area (Å²) in [5.74, 6) is -2.02. The molecular formula is C11H17F3N2O3. The minimum Gasteiger partial charge on any atom is -0.481 e. The van der Waals surface area contributed by atoms with Crippen LogP contribution < -0.4 is 5.32 Å². The average molecular weight is 282 g/mol. The van der Waals surface area contributed by atoms with Crippen LogP contribution in [0.2, 0.25) is 0 Å². The molecule has 1 rings (SSSR count). The van der Waals surface area contributed by atoms with Crippen molar-refractivity contribution in [2.24, 2.45) is 5.41 Å². The van der Waals surface area contributed by atoms with Gasteiger partial charge in [-0.25, -0.2) is 0 Å². The third-order valence-corrected chi connectivity index (χ3v) is 3.34.